The Labute approximate surface area is 220 Å². The molecule has 0 aliphatic rings. The van der Waals surface area contributed by atoms with Crippen LogP contribution in [0.25, 0.3) is 0 Å². The first-order valence-corrected chi connectivity index (χ1v) is 16.8. The van der Waals surface area contributed by atoms with E-state index in [0.717, 1.165) is 19.3 Å². The third kappa shape index (κ3) is 21.6. The first-order chi connectivity index (χ1) is 16.8. The Hall–Kier alpha value is -0.150. The average Bonchev–Trinajstić information content (AvgIpc) is 2.80. The molecule has 0 spiro atoms. The second-order valence-electron chi connectivity index (χ2n) is 11.5. The number of hydrogen-bond donors (Lipinski definition) is 1. The summed E-state index contributed by atoms with van der Waals surface area (Å²) in [6.45, 7) is 4.74. The minimum atomic E-state index is -3.57. The molecule has 0 amide bonds. The van der Waals surface area contributed by atoms with E-state index in [4.69, 9.17) is 4.52 Å². The van der Waals surface area contributed by atoms with E-state index in [1.165, 1.54) is 109 Å². The van der Waals surface area contributed by atoms with Crippen molar-refractivity contribution in [3.8, 4) is 0 Å². The lowest BCUT2D eigenvalue weighted by atomic mass is 10.0. The van der Waals surface area contributed by atoms with Crippen molar-refractivity contribution in [2.75, 3.05) is 27.7 Å². The van der Waals surface area contributed by atoms with E-state index in [0.29, 0.717) is 17.5 Å². The summed E-state index contributed by atoms with van der Waals surface area (Å²) in [7, 11) is 2.36. The van der Waals surface area contributed by atoms with E-state index >= 15 is 0 Å². The van der Waals surface area contributed by atoms with Crippen LogP contribution in [0, 0.1) is 0 Å². The van der Waals surface area contributed by atoms with E-state index in [9.17, 15) is 9.46 Å². The summed E-state index contributed by atoms with van der Waals surface area (Å²) in [6, 6.07) is 0. The van der Waals surface area contributed by atoms with Gasteiger partial charge in [-0.2, -0.15) is 0 Å². The van der Waals surface area contributed by atoms with Crippen LogP contribution in [0.1, 0.15) is 149 Å². The normalized spacial score (nSPS) is 15.0. The van der Waals surface area contributed by atoms with Crippen LogP contribution in [-0.2, 0) is 9.09 Å². The molecule has 0 bridgehead atoms. The van der Waals surface area contributed by atoms with Gasteiger partial charge in [0, 0.05) is 6.42 Å². The lowest BCUT2D eigenvalue weighted by molar-refractivity contribution is -0.883. The van der Waals surface area contributed by atoms with Gasteiger partial charge in [0.1, 0.15) is 0 Å². The predicted octanol–water partition coefficient (Wildman–Crippen LogP) is 10.0. The van der Waals surface area contributed by atoms with E-state index in [-0.39, 0.29) is 5.78 Å². The summed E-state index contributed by atoms with van der Waals surface area (Å²) in [5, 5.41) is 0. The minimum Gasteiger partial charge on any atom is -0.320 e. The number of unbranched alkanes of at least 4 members (excludes halogenated alkanes) is 17. The Morgan fingerprint density at radius 2 is 1.06 bits per heavy atom. The fourth-order valence-electron chi connectivity index (χ4n) is 4.76. The van der Waals surface area contributed by atoms with E-state index in [1.807, 2.05) is 21.1 Å². The molecule has 0 rings (SSSR count). The molecular formula is C30H63NO3P+. The maximum absolute atomic E-state index is 12.7. The monoisotopic (exact) mass is 516 g/mol. The molecule has 5 heteroatoms. The zero-order valence-corrected chi connectivity index (χ0v) is 25.3. The SMILES string of the molecule is CCCCCCC/C=C\CCCCCCCCCCCCCCOP(=O)(O)C(CCC)[N+](C)(C)C. The van der Waals surface area contributed by atoms with Gasteiger partial charge < -0.3 is 13.9 Å². The average molecular weight is 517 g/mol. The molecule has 2 atom stereocenters. The highest BCUT2D eigenvalue weighted by atomic mass is 31.2. The number of allylic oxidation sites excluding steroid dienone is 2. The zero-order valence-electron chi connectivity index (χ0n) is 24.4. The summed E-state index contributed by atoms with van der Waals surface area (Å²) in [5.74, 6) is -0.334. The molecule has 1 N–H and O–H groups in total. The second kappa shape index (κ2) is 23.0. The van der Waals surface area contributed by atoms with Gasteiger partial charge in [-0.3, -0.25) is 4.57 Å². The molecule has 0 aliphatic heterocycles. The van der Waals surface area contributed by atoms with Crippen molar-refractivity contribution in [2.45, 2.75) is 154 Å². The first kappa shape index (κ1) is 34.9. The molecule has 0 aromatic heterocycles. The topological polar surface area (TPSA) is 46.5 Å². The maximum atomic E-state index is 12.7. The summed E-state index contributed by atoms with van der Waals surface area (Å²) < 4.78 is 18.6. The number of rotatable bonds is 26. The number of hydrogen-bond acceptors (Lipinski definition) is 2. The maximum Gasteiger partial charge on any atom is 0.385 e. The standard InChI is InChI=1S/C30H62NO3P/c1-6-8-9-10-11-12-13-14-15-16-17-18-19-20-21-22-23-24-25-26-27-29-34-35(32,33)30(28-7-2)31(3,4)5/h13-14,30H,6-12,15-29H2,1-5H3/p+1/b14-13-. The highest BCUT2D eigenvalue weighted by Gasteiger charge is 2.41. The Bertz CT molecular complexity index is 530. The molecule has 35 heavy (non-hydrogen) atoms. The Balaban J connectivity index is 3.45. The molecule has 210 valence electrons. The van der Waals surface area contributed by atoms with Crippen molar-refractivity contribution >= 4 is 7.60 Å². The molecule has 0 aromatic rings. The highest BCUT2D eigenvalue weighted by molar-refractivity contribution is 7.53. The fraction of sp³-hybridized carbons (Fsp3) is 0.933. The quantitative estimate of drug-likeness (QED) is 0.0538. The third-order valence-corrected chi connectivity index (χ3v) is 9.26. The summed E-state index contributed by atoms with van der Waals surface area (Å²) in [6.07, 6.45) is 31.3. The molecule has 0 radical (unpaired) electrons. The minimum absolute atomic E-state index is 0.334. The van der Waals surface area contributed by atoms with Crippen LogP contribution >= 0.6 is 7.60 Å². The molecule has 0 saturated heterocycles. The molecule has 0 heterocycles. The van der Waals surface area contributed by atoms with Crippen LogP contribution in [0.15, 0.2) is 12.2 Å². The Morgan fingerprint density at radius 3 is 1.46 bits per heavy atom. The number of quaternary nitrogens is 1. The van der Waals surface area contributed by atoms with Gasteiger partial charge >= 0.3 is 7.60 Å². The van der Waals surface area contributed by atoms with Gasteiger partial charge in [-0.25, -0.2) is 0 Å². The predicted molar refractivity (Wildman–Crippen MR) is 155 cm³/mol. The summed E-state index contributed by atoms with van der Waals surface area (Å²) >= 11 is 0. The van der Waals surface area contributed by atoms with Crippen LogP contribution in [0.2, 0.25) is 0 Å². The van der Waals surface area contributed by atoms with Crippen molar-refractivity contribution in [1.82, 2.24) is 0 Å². The van der Waals surface area contributed by atoms with E-state index in [1.54, 1.807) is 0 Å². The lowest BCUT2D eigenvalue weighted by Gasteiger charge is -2.35. The number of nitrogens with zero attached hydrogens (tertiary/aromatic N) is 1. The Morgan fingerprint density at radius 1 is 0.657 bits per heavy atom. The molecule has 2 unspecified atom stereocenters. The third-order valence-electron chi connectivity index (χ3n) is 7.00. The molecule has 0 saturated carbocycles. The summed E-state index contributed by atoms with van der Waals surface area (Å²) in [4.78, 5) is 10.4. The van der Waals surface area contributed by atoms with Crippen molar-refractivity contribution in [3.05, 3.63) is 12.2 Å². The Kier molecular flexibility index (Phi) is 22.9. The zero-order chi connectivity index (χ0) is 26.3. The second-order valence-corrected chi connectivity index (χ2v) is 13.5. The molecule has 0 fully saturated rings. The largest absolute Gasteiger partial charge is 0.385 e. The first-order valence-electron chi connectivity index (χ1n) is 15.2. The van der Waals surface area contributed by atoms with Gasteiger partial charge in [0.25, 0.3) is 0 Å². The van der Waals surface area contributed by atoms with Crippen molar-refractivity contribution < 1.29 is 18.5 Å². The van der Waals surface area contributed by atoms with Crippen LogP contribution < -0.4 is 0 Å². The van der Waals surface area contributed by atoms with Gasteiger partial charge in [0.05, 0.1) is 27.7 Å². The summed E-state index contributed by atoms with van der Waals surface area (Å²) in [5.41, 5.74) is 0. The van der Waals surface area contributed by atoms with Crippen LogP contribution in [0.5, 0.6) is 0 Å². The van der Waals surface area contributed by atoms with Crippen molar-refractivity contribution in [2.24, 2.45) is 0 Å². The lowest BCUT2D eigenvalue weighted by Crippen LogP contribution is -2.45. The van der Waals surface area contributed by atoms with Crippen molar-refractivity contribution in [1.29, 1.82) is 0 Å². The van der Waals surface area contributed by atoms with Gasteiger partial charge in [-0.15, -0.1) is 0 Å². The van der Waals surface area contributed by atoms with Gasteiger partial charge in [0.2, 0.25) is 0 Å². The van der Waals surface area contributed by atoms with Gasteiger partial charge in [-0.1, -0.05) is 116 Å². The fourth-order valence-corrected chi connectivity index (χ4v) is 6.78. The van der Waals surface area contributed by atoms with Crippen LogP contribution in [0.4, 0.5) is 0 Å². The van der Waals surface area contributed by atoms with Crippen LogP contribution in [-0.4, -0.2) is 42.9 Å². The van der Waals surface area contributed by atoms with Gasteiger partial charge in [0.15, 0.2) is 5.78 Å². The highest BCUT2D eigenvalue weighted by Crippen LogP contribution is 2.51. The molecular weight excluding hydrogens is 453 g/mol. The van der Waals surface area contributed by atoms with Crippen molar-refractivity contribution in [3.63, 3.8) is 0 Å². The molecule has 0 aliphatic carbocycles. The van der Waals surface area contributed by atoms with Gasteiger partial charge in [-0.05, 0) is 38.5 Å². The van der Waals surface area contributed by atoms with E-state index in [2.05, 4.69) is 26.0 Å². The van der Waals surface area contributed by atoms with E-state index < -0.39 is 7.60 Å². The molecule has 0 aromatic carbocycles. The van der Waals surface area contributed by atoms with Crippen LogP contribution in [0.3, 0.4) is 0 Å². The smallest absolute Gasteiger partial charge is 0.320 e. The molecule has 4 nitrogen and oxygen atoms in total.